The molecule has 0 spiro atoms. The Kier molecular flexibility index (Phi) is 3.60. The second kappa shape index (κ2) is 5.26. The lowest BCUT2D eigenvalue weighted by Crippen LogP contribution is -2.36. The molecule has 3 rings (SSSR count). The predicted molar refractivity (Wildman–Crippen MR) is 86.5 cm³/mol. The van der Waals surface area contributed by atoms with E-state index in [1.165, 1.54) is 23.5 Å². The van der Waals surface area contributed by atoms with Crippen molar-refractivity contribution in [1.82, 2.24) is 10.3 Å². The Balaban J connectivity index is 1.77. The SMILES string of the molecule is CC1(CNC(=O)c2sc3cnccc3c2N)CCCS1. The minimum Gasteiger partial charge on any atom is -0.397 e. The summed E-state index contributed by atoms with van der Waals surface area (Å²) >= 11 is 3.35. The Morgan fingerprint density at radius 3 is 3.15 bits per heavy atom. The molecule has 1 amide bonds. The molecule has 0 aromatic carbocycles. The molecule has 3 N–H and O–H groups in total. The Hall–Kier alpha value is -1.27. The van der Waals surface area contributed by atoms with Crippen molar-refractivity contribution in [2.75, 3.05) is 18.0 Å². The van der Waals surface area contributed by atoms with Crippen molar-refractivity contribution in [3.8, 4) is 0 Å². The van der Waals surface area contributed by atoms with Gasteiger partial charge in [0.15, 0.2) is 0 Å². The third-order valence-corrected chi connectivity index (χ3v) is 6.35. The molecule has 2 aromatic rings. The number of thiophene rings is 1. The van der Waals surface area contributed by atoms with Gasteiger partial charge in [-0.05, 0) is 31.6 Å². The van der Waals surface area contributed by atoms with Crippen LogP contribution in [0.4, 0.5) is 5.69 Å². The number of thioether (sulfide) groups is 1. The maximum atomic E-state index is 12.3. The van der Waals surface area contributed by atoms with Crippen LogP contribution in [-0.2, 0) is 0 Å². The quantitative estimate of drug-likeness (QED) is 0.915. The minimum absolute atomic E-state index is 0.0718. The lowest BCUT2D eigenvalue weighted by Gasteiger charge is -2.22. The molecule has 1 aliphatic heterocycles. The highest BCUT2D eigenvalue weighted by molar-refractivity contribution is 8.00. The van der Waals surface area contributed by atoms with Gasteiger partial charge in [-0.25, -0.2) is 0 Å². The molecule has 3 heterocycles. The van der Waals surface area contributed by atoms with Gasteiger partial charge in [0.2, 0.25) is 0 Å². The van der Waals surface area contributed by atoms with Crippen LogP contribution in [0.2, 0.25) is 0 Å². The minimum atomic E-state index is -0.0718. The molecular weight excluding hydrogens is 290 g/mol. The van der Waals surface area contributed by atoms with E-state index in [1.54, 1.807) is 12.4 Å². The molecule has 1 atom stereocenters. The highest BCUT2D eigenvalue weighted by Crippen LogP contribution is 2.37. The number of hydrogen-bond acceptors (Lipinski definition) is 5. The van der Waals surface area contributed by atoms with Gasteiger partial charge in [-0.3, -0.25) is 9.78 Å². The number of fused-ring (bicyclic) bond motifs is 1. The fourth-order valence-electron chi connectivity index (χ4n) is 2.46. The fraction of sp³-hybridized carbons (Fsp3) is 0.429. The summed E-state index contributed by atoms with van der Waals surface area (Å²) < 4.78 is 1.12. The van der Waals surface area contributed by atoms with Gasteiger partial charge in [0, 0.05) is 29.1 Å². The Bertz CT molecular complexity index is 647. The summed E-state index contributed by atoms with van der Waals surface area (Å²) in [5.41, 5.74) is 6.64. The number of anilines is 1. The molecule has 0 bridgehead atoms. The zero-order chi connectivity index (χ0) is 14.2. The van der Waals surface area contributed by atoms with Gasteiger partial charge >= 0.3 is 0 Å². The van der Waals surface area contributed by atoms with E-state index in [4.69, 9.17) is 5.73 Å². The third kappa shape index (κ3) is 2.50. The predicted octanol–water partition coefficient (Wildman–Crippen LogP) is 2.89. The molecular formula is C14H17N3OS2. The number of rotatable bonds is 3. The summed E-state index contributed by atoms with van der Waals surface area (Å²) in [6.45, 7) is 2.91. The summed E-state index contributed by atoms with van der Waals surface area (Å²) in [5.74, 6) is 1.11. The van der Waals surface area contributed by atoms with E-state index in [9.17, 15) is 4.79 Å². The number of nitrogens with zero attached hydrogens (tertiary/aromatic N) is 1. The van der Waals surface area contributed by atoms with Gasteiger partial charge in [-0.2, -0.15) is 11.8 Å². The molecule has 1 saturated heterocycles. The molecule has 20 heavy (non-hydrogen) atoms. The van der Waals surface area contributed by atoms with Gasteiger partial charge < -0.3 is 11.1 Å². The molecule has 0 radical (unpaired) electrons. The standard InChI is InChI=1S/C14H17N3OS2/c1-14(4-2-6-19-14)8-17-13(18)12-11(15)9-3-5-16-7-10(9)20-12/h3,5,7H,2,4,6,8,15H2,1H3,(H,17,18). The monoisotopic (exact) mass is 307 g/mol. The molecule has 6 heteroatoms. The molecule has 2 aromatic heterocycles. The molecule has 1 unspecified atom stereocenters. The van der Waals surface area contributed by atoms with Crippen LogP contribution in [0.1, 0.15) is 29.4 Å². The molecule has 4 nitrogen and oxygen atoms in total. The highest BCUT2D eigenvalue weighted by Gasteiger charge is 2.30. The van der Waals surface area contributed by atoms with Gasteiger partial charge in [-0.15, -0.1) is 11.3 Å². The van der Waals surface area contributed by atoms with Crippen LogP contribution >= 0.6 is 23.1 Å². The maximum Gasteiger partial charge on any atom is 0.263 e. The normalized spacial score (nSPS) is 22.2. The molecule has 1 aliphatic rings. The molecule has 0 aliphatic carbocycles. The molecule has 1 fully saturated rings. The van der Waals surface area contributed by atoms with Crippen LogP contribution in [0.5, 0.6) is 0 Å². The fourth-order valence-corrected chi connectivity index (χ4v) is 4.71. The van der Waals surface area contributed by atoms with Crippen molar-refractivity contribution < 1.29 is 4.79 Å². The first-order chi connectivity index (χ1) is 9.59. The molecule has 106 valence electrons. The number of aromatic nitrogens is 1. The van der Waals surface area contributed by atoms with Crippen molar-refractivity contribution in [3.05, 3.63) is 23.3 Å². The van der Waals surface area contributed by atoms with Gasteiger partial charge in [-0.1, -0.05) is 0 Å². The van der Waals surface area contributed by atoms with Crippen molar-refractivity contribution in [1.29, 1.82) is 0 Å². The van der Waals surface area contributed by atoms with E-state index in [0.717, 1.165) is 16.5 Å². The third-order valence-electron chi connectivity index (χ3n) is 3.66. The van der Waals surface area contributed by atoms with Gasteiger partial charge in [0.25, 0.3) is 5.91 Å². The van der Waals surface area contributed by atoms with Crippen LogP contribution in [0, 0.1) is 0 Å². The summed E-state index contributed by atoms with van der Waals surface area (Å²) in [4.78, 5) is 17.0. The second-order valence-corrected chi connectivity index (χ2v) is 8.04. The van der Waals surface area contributed by atoms with Crippen LogP contribution in [0.15, 0.2) is 18.5 Å². The van der Waals surface area contributed by atoms with E-state index in [2.05, 4.69) is 17.2 Å². The maximum absolute atomic E-state index is 12.3. The summed E-state index contributed by atoms with van der Waals surface area (Å²) in [6.07, 6.45) is 5.84. The average Bonchev–Trinajstić information content (AvgIpc) is 3.02. The largest absolute Gasteiger partial charge is 0.397 e. The number of nitrogens with one attached hydrogen (secondary N) is 1. The van der Waals surface area contributed by atoms with Crippen molar-refractivity contribution in [2.24, 2.45) is 0 Å². The highest BCUT2D eigenvalue weighted by atomic mass is 32.2. The Labute approximate surface area is 126 Å². The average molecular weight is 307 g/mol. The first-order valence-electron chi connectivity index (χ1n) is 6.63. The zero-order valence-corrected chi connectivity index (χ0v) is 12.9. The number of nitrogens with two attached hydrogens (primary N) is 1. The van der Waals surface area contributed by atoms with E-state index >= 15 is 0 Å². The summed E-state index contributed by atoms with van der Waals surface area (Å²) in [7, 11) is 0. The number of nitrogen functional groups attached to an aromatic ring is 1. The second-order valence-electron chi connectivity index (χ2n) is 5.30. The number of pyridine rings is 1. The van der Waals surface area contributed by atoms with E-state index in [0.29, 0.717) is 17.1 Å². The van der Waals surface area contributed by atoms with E-state index in [1.807, 2.05) is 17.8 Å². The topological polar surface area (TPSA) is 68.0 Å². The van der Waals surface area contributed by atoms with Crippen molar-refractivity contribution in [3.63, 3.8) is 0 Å². The van der Waals surface area contributed by atoms with Crippen molar-refractivity contribution in [2.45, 2.75) is 24.5 Å². The lowest BCUT2D eigenvalue weighted by molar-refractivity contribution is 0.0955. The molecule has 0 saturated carbocycles. The van der Waals surface area contributed by atoms with Crippen LogP contribution in [0.25, 0.3) is 10.1 Å². The van der Waals surface area contributed by atoms with Gasteiger partial charge in [0.1, 0.15) is 4.88 Å². The number of carbonyl (C=O) groups is 1. The first-order valence-corrected chi connectivity index (χ1v) is 8.43. The number of amides is 1. The van der Waals surface area contributed by atoms with E-state index in [-0.39, 0.29) is 10.7 Å². The van der Waals surface area contributed by atoms with E-state index < -0.39 is 0 Å². The zero-order valence-electron chi connectivity index (χ0n) is 11.3. The van der Waals surface area contributed by atoms with Crippen molar-refractivity contribution >= 4 is 44.8 Å². The number of carbonyl (C=O) groups excluding carboxylic acids is 1. The first kappa shape index (κ1) is 13.7. The van der Waals surface area contributed by atoms with Crippen LogP contribution < -0.4 is 11.1 Å². The van der Waals surface area contributed by atoms with Crippen LogP contribution in [-0.4, -0.2) is 27.9 Å². The summed E-state index contributed by atoms with van der Waals surface area (Å²) in [5, 5.41) is 3.95. The summed E-state index contributed by atoms with van der Waals surface area (Å²) in [6, 6.07) is 1.85. The van der Waals surface area contributed by atoms with Gasteiger partial charge in [0.05, 0.1) is 10.4 Å². The number of hydrogen-bond donors (Lipinski definition) is 2. The Morgan fingerprint density at radius 2 is 2.45 bits per heavy atom. The lowest BCUT2D eigenvalue weighted by atomic mass is 10.1. The smallest absolute Gasteiger partial charge is 0.263 e. The van der Waals surface area contributed by atoms with Crippen LogP contribution in [0.3, 0.4) is 0 Å². The Morgan fingerprint density at radius 1 is 1.60 bits per heavy atom.